The van der Waals surface area contributed by atoms with Crippen molar-refractivity contribution in [3.63, 3.8) is 0 Å². The molecule has 3 N–H and O–H groups in total. The minimum atomic E-state index is -0.753. The molecule has 34 heavy (non-hydrogen) atoms. The summed E-state index contributed by atoms with van der Waals surface area (Å²) in [5, 5.41) is 8.09. The number of hydrogen-bond acceptors (Lipinski definition) is 6. The highest BCUT2D eigenvalue weighted by Crippen LogP contribution is 2.30. The Morgan fingerprint density at radius 1 is 0.971 bits per heavy atom. The molecule has 0 saturated heterocycles. The van der Waals surface area contributed by atoms with Crippen molar-refractivity contribution in [1.82, 2.24) is 10.6 Å². The Hall–Kier alpha value is -4.14. The van der Waals surface area contributed by atoms with Crippen molar-refractivity contribution in [2.45, 2.75) is 25.8 Å². The van der Waals surface area contributed by atoms with E-state index in [0.717, 1.165) is 12.8 Å². The van der Waals surface area contributed by atoms with E-state index in [4.69, 9.17) is 9.47 Å². The van der Waals surface area contributed by atoms with Crippen molar-refractivity contribution in [2.75, 3.05) is 18.5 Å². The molecule has 0 aromatic heterocycles. The molecule has 9 heteroatoms. The van der Waals surface area contributed by atoms with Crippen LogP contribution in [0.3, 0.4) is 0 Å². The number of carbonyl (C=O) groups is 4. The van der Waals surface area contributed by atoms with Crippen LogP contribution in [0.25, 0.3) is 0 Å². The Labute approximate surface area is 196 Å². The largest absolute Gasteiger partial charge is 0.463 e. The topological polar surface area (TPSA) is 123 Å². The molecule has 1 aliphatic carbocycles. The van der Waals surface area contributed by atoms with Gasteiger partial charge in [0.15, 0.2) is 0 Å². The monoisotopic (exact) mass is 463 g/mol. The molecule has 3 amide bonds. The molecule has 1 aliphatic heterocycles. The maximum Gasteiger partial charge on any atom is 0.338 e. The summed E-state index contributed by atoms with van der Waals surface area (Å²) >= 11 is 0. The smallest absolute Gasteiger partial charge is 0.338 e. The lowest BCUT2D eigenvalue weighted by Crippen LogP contribution is -2.47. The standard InChI is InChI=1S/C25H25N3O6/c1-2-33-24(31)20-19(27-25(32)28-21(20)15-6-4-3-5-7-15)14-34-23(30)17-10-12-18(13-11-17)26-22(29)16-8-9-16/h3-7,10-13,16,21H,2,8-9,14H2,1H3,(H,26,29)(H2,27,28,32). The third-order valence-corrected chi connectivity index (χ3v) is 5.47. The van der Waals surface area contributed by atoms with E-state index >= 15 is 0 Å². The van der Waals surface area contributed by atoms with Crippen LogP contribution >= 0.6 is 0 Å². The molecule has 1 atom stereocenters. The molecule has 1 unspecified atom stereocenters. The number of benzene rings is 2. The highest BCUT2D eigenvalue weighted by Gasteiger charge is 2.34. The zero-order valence-electron chi connectivity index (χ0n) is 18.6. The van der Waals surface area contributed by atoms with Crippen molar-refractivity contribution in [3.8, 4) is 0 Å². The molecule has 1 fully saturated rings. The van der Waals surface area contributed by atoms with Crippen molar-refractivity contribution >= 4 is 29.6 Å². The number of nitrogens with one attached hydrogen (secondary N) is 3. The highest BCUT2D eigenvalue weighted by atomic mass is 16.5. The summed E-state index contributed by atoms with van der Waals surface area (Å²) in [5.74, 6) is -1.21. The molecular formula is C25H25N3O6. The van der Waals surface area contributed by atoms with E-state index in [0.29, 0.717) is 11.3 Å². The Bertz CT molecular complexity index is 1120. The van der Waals surface area contributed by atoms with Crippen LogP contribution in [0.15, 0.2) is 65.9 Å². The number of amides is 3. The normalized spacial score (nSPS) is 17.3. The molecule has 176 valence electrons. The maximum absolute atomic E-state index is 12.7. The number of ether oxygens (including phenoxy) is 2. The third kappa shape index (κ3) is 5.43. The van der Waals surface area contributed by atoms with Gasteiger partial charge in [0.1, 0.15) is 6.61 Å². The average Bonchev–Trinajstić information content (AvgIpc) is 3.69. The van der Waals surface area contributed by atoms with Crippen molar-refractivity contribution < 1.29 is 28.7 Å². The zero-order valence-corrected chi connectivity index (χ0v) is 18.6. The molecule has 1 heterocycles. The van der Waals surface area contributed by atoms with E-state index in [1.807, 2.05) is 6.07 Å². The van der Waals surface area contributed by atoms with Gasteiger partial charge in [0.2, 0.25) is 5.91 Å². The van der Waals surface area contributed by atoms with E-state index in [-0.39, 0.29) is 41.9 Å². The Morgan fingerprint density at radius 2 is 1.68 bits per heavy atom. The Morgan fingerprint density at radius 3 is 2.32 bits per heavy atom. The first-order chi connectivity index (χ1) is 16.5. The van der Waals surface area contributed by atoms with Gasteiger partial charge >= 0.3 is 18.0 Å². The summed E-state index contributed by atoms with van der Waals surface area (Å²) in [6, 6.07) is 14.0. The van der Waals surface area contributed by atoms with Gasteiger partial charge in [-0.15, -0.1) is 0 Å². The van der Waals surface area contributed by atoms with Crippen LogP contribution < -0.4 is 16.0 Å². The number of esters is 2. The van der Waals surface area contributed by atoms with Gasteiger partial charge in [-0.05, 0) is 49.6 Å². The summed E-state index contributed by atoms with van der Waals surface area (Å²) in [4.78, 5) is 49.5. The molecule has 4 rings (SSSR count). The van der Waals surface area contributed by atoms with E-state index in [2.05, 4.69) is 16.0 Å². The summed E-state index contributed by atoms with van der Waals surface area (Å²) in [6.45, 7) is 1.50. The summed E-state index contributed by atoms with van der Waals surface area (Å²) < 4.78 is 10.6. The van der Waals surface area contributed by atoms with Crippen molar-refractivity contribution in [1.29, 1.82) is 0 Å². The van der Waals surface area contributed by atoms with Gasteiger partial charge in [0.25, 0.3) is 0 Å². The minimum Gasteiger partial charge on any atom is -0.463 e. The quantitative estimate of drug-likeness (QED) is 0.517. The van der Waals surface area contributed by atoms with Crippen LogP contribution in [0.2, 0.25) is 0 Å². The van der Waals surface area contributed by atoms with Gasteiger partial charge in [-0.1, -0.05) is 30.3 Å². The van der Waals surface area contributed by atoms with Crippen LogP contribution in [-0.4, -0.2) is 37.1 Å². The van der Waals surface area contributed by atoms with E-state index in [1.165, 1.54) is 0 Å². The van der Waals surface area contributed by atoms with Gasteiger partial charge in [0.05, 0.1) is 29.5 Å². The molecule has 0 radical (unpaired) electrons. The van der Waals surface area contributed by atoms with Crippen LogP contribution in [-0.2, 0) is 19.1 Å². The van der Waals surface area contributed by atoms with Gasteiger partial charge in [-0.25, -0.2) is 14.4 Å². The second-order valence-corrected chi connectivity index (χ2v) is 7.97. The number of hydrogen-bond donors (Lipinski definition) is 3. The molecule has 2 aromatic carbocycles. The SMILES string of the molecule is CCOC(=O)C1=C(COC(=O)c2ccc(NC(=O)C3CC3)cc2)NC(=O)NC1c1ccccc1. The fraction of sp³-hybridized carbons (Fsp3) is 0.280. The van der Waals surface area contributed by atoms with E-state index < -0.39 is 24.0 Å². The van der Waals surface area contributed by atoms with E-state index in [9.17, 15) is 19.2 Å². The molecule has 2 aliphatic rings. The van der Waals surface area contributed by atoms with Crippen molar-refractivity contribution in [2.24, 2.45) is 5.92 Å². The minimum absolute atomic E-state index is 0.0246. The van der Waals surface area contributed by atoms with Crippen LogP contribution in [0.1, 0.15) is 41.7 Å². The van der Waals surface area contributed by atoms with Gasteiger partial charge in [-0.3, -0.25) is 4.79 Å². The molecule has 1 saturated carbocycles. The second kappa shape index (κ2) is 10.2. The molecule has 2 aromatic rings. The predicted octanol–water partition coefficient (Wildman–Crippen LogP) is 3.06. The second-order valence-electron chi connectivity index (χ2n) is 7.97. The lowest BCUT2D eigenvalue weighted by molar-refractivity contribution is -0.139. The summed E-state index contributed by atoms with van der Waals surface area (Å²) in [6.07, 6.45) is 1.80. The van der Waals surface area contributed by atoms with Crippen LogP contribution in [0, 0.1) is 5.92 Å². The number of carbonyl (C=O) groups excluding carboxylic acids is 4. The molecule has 0 bridgehead atoms. The van der Waals surface area contributed by atoms with Crippen LogP contribution in [0.5, 0.6) is 0 Å². The third-order valence-electron chi connectivity index (χ3n) is 5.47. The fourth-order valence-corrected chi connectivity index (χ4v) is 3.58. The average molecular weight is 463 g/mol. The summed E-state index contributed by atoms with van der Waals surface area (Å²) in [5.41, 5.74) is 1.86. The van der Waals surface area contributed by atoms with Crippen molar-refractivity contribution in [3.05, 3.63) is 77.0 Å². The number of anilines is 1. The zero-order chi connectivity index (χ0) is 24.1. The fourth-order valence-electron chi connectivity index (χ4n) is 3.58. The summed E-state index contributed by atoms with van der Waals surface area (Å²) in [7, 11) is 0. The maximum atomic E-state index is 12.7. The first-order valence-electron chi connectivity index (χ1n) is 11.1. The first-order valence-corrected chi connectivity index (χ1v) is 11.1. The van der Waals surface area contributed by atoms with Gasteiger partial charge in [0, 0.05) is 11.6 Å². The highest BCUT2D eigenvalue weighted by molar-refractivity contribution is 5.96. The van der Waals surface area contributed by atoms with Crippen LogP contribution in [0.4, 0.5) is 10.5 Å². The predicted molar refractivity (Wildman–Crippen MR) is 123 cm³/mol. The Balaban J connectivity index is 1.50. The van der Waals surface area contributed by atoms with Gasteiger partial charge in [-0.2, -0.15) is 0 Å². The molecular weight excluding hydrogens is 438 g/mol. The van der Waals surface area contributed by atoms with Gasteiger partial charge < -0.3 is 25.4 Å². The first kappa shape index (κ1) is 23.0. The number of urea groups is 1. The lowest BCUT2D eigenvalue weighted by atomic mass is 9.95. The lowest BCUT2D eigenvalue weighted by Gasteiger charge is -2.29. The van der Waals surface area contributed by atoms with E-state index in [1.54, 1.807) is 55.5 Å². The molecule has 9 nitrogen and oxygen atoms in total. The molecule has 0 spiro atoms. The number of rotatable bonds is 8. The Kier molecular flexibility index (Phi) is 6.91.